The standard InChI is InChI=1S/C14H26N2O/c1-2-14(8-9-14)11-16-13(17)7-6-12-5-3-4-10-15-12/h12,15H,2-11H2,1H3,(H,16,17). The largest absolute Gasteiger partial charge is 0.356 e. The van der Waals surface area contributed by atoms with Crippen LogP contribution in [0.4, 0.5) is 0 Å². The lowest BCUT2D eigenvalue weighted by Gasteiger charge is -2.23. The lowest BCUT2D eigenvalue weighted by atomic mass is 10.00. The number of nitrogens with one attached hydrogen (secondary N) is 2. The Morgan fingerprint density at radius 2 is 2.24 bits per heavy atom. The van der Waals surface area contributed by atoms with Crippen LogP contribution in [0.5, 0.6) is 0 Å². The maximum absolute atomic E-state index is 11.7. The van der Waals surface area contributed by atoms with Crippen LogP contribution in [0.1, 0.15) is 58.3 Å². The van der Waals surface area contributed by atoms with Crippen molar-refractivity contribution in [2.24, 2.45) is 5.41 Å². The van der Waals surface area contributed by atoms with Gasteiger partial charge in [-0.2, -0.15) is 0 Å². The van der Waals surface area contributed by atoms with Crippen LogP contribution in [-0.2, 0) is 4.79 Å². The van der Waals surface area contributed by atoms with Crippen molar-refractivity contribution >= 4 is 5.91 Å². The normalized spacial score (nSPS) is 26.5. The molecule has 0 radical (unpaired) electrons. The average Bonchev–Trinajstić information content (AvgIpc) is 3.16. The number of carbonyl (C=O) groups is 1. The molecule has 2 rings (SSSR count). The smallest absolute Gasteiger partial charge is 0.220 e. The van der Waals surface area contributed by atoms with Gasteiger partial charge in [0, 0.05) is 19.0 Å². The molecule has 17 heavy (non-hydrogen) atoms. The third-order valence-corrected chi connectivity index (χ3v) is 4.50. The van der Waals surface area contributed by atoms with Gasteiger partial charge in [0.2, 0.25) is 5.91 Å². The van der Waals surface area contributed by atoms with Crippen LogP contribution in [0.2, 0.25) is 0 Å². The Bertz CT molecular complexity index is 255. The van der Waals surface area contributed by atoms with Crippen molar-refractivity contribution in [3.63, 3.8) is 0 Å². The van der Waals surface area contributed by atoms with Crippen molar-refractivity contribution in [2.75, 3.05) is 13.1 Å². The minimum Gasteiger partial charge on any atom is -0.356 e. The Labute approximate surface area is 105 Å². The summed E-state index contributed by atoms with van der Waals surface area (Å²) in [5, 5.41) is 6.60. The number of amides is 1. The van der Waals surface area contributed by atoms with Gasteiger partial charge in [-0.1, -0.05) is 13.3 Å². The summed E-state index contributed by atoms with van der Waals surface area (Å²) in [6, 6.07) is 0.579. The summed E-state index contributed by atoms with van der Waals surface area (Å²) in [5.74, 6) is 0.247. The zero-order chi connectivity index (χ0) is 12.1. The molecular weight excluding hydrogens is 212 g/mol. The summed E-state index contributed by atoms with van der Waals surface area (Å²) in [5.41, 5.74) is 0.471. The number of carbonyl (C=O) groups excluding carboxylic acids is 1. The maximum Gasteiger partial charge on any atom is 0.220 e. The summed E-state index contributed by atoms with van der Waals surface area (Å²) in [7, 11) is 0. The van der Waals surface area contributed by atoms with Gasteiger partial charge in [0.1, 0.15) is 0 Å². The highest BCUT2D eigenvalue weighted by atomic mass is 16.1. The van der Waals surface area contributed by atoms with E-state index in [1.54, 1.807) is 0 Å². The molecule has 1 saturated heterocycles. The van der Waals surface area contributed by atoms with Crippen LogP contribution in [0.3, 0.4) is 0 Å². The molecule has 2 N–H and O–H groups in total. The van der Waals surface area contributed by atoms with Crippen molar-refractivity contribution in [3.05, 3.63) is 0 Å². The summed E-state index contributed by atoms with van der Waals surface area (Å²) in [6.07, 6.45) is 9.36. The van der Waals surface area contributed by atoms with Crippen LogP contribution in [-0.4, -0.2) is 25.0 Å². The molecule has 1 amide bonds. The number of hydrogen-bond acceptors (Lipinski definition) is 2. The Morgan fingerprint density at radius 3 is 2.82 bits per heavy atom. The Hall–Kier alpha value is -0.570. The Kier molecular flexibility index (Phi) is 4.43. The first kappa shape index (κ1) is 12.9. The third kappa shape index (κ3) is 3.98. The van der Waals surface area contributed by atoms with Gasteiger partial charge >= 0.3 is 0 Å². The Balaban J connectivity index is 1.57. The molecule has 0 bridgehead atoms. The number of rotatable bonds is 6. The van der Waals surface area contributed by atoms with Crippen molar-refractivity contribution in [2.45, 2.75) is 64.3 Å². The predicted molar refractivity (Wildman–Crippen MR) is 69.8 cm³/mol. The highest BCUT2D eigenvalue weighted by Gasteiger charge is 2.40. The Morgan fingerprint density at radius 1 is 1.41 bits per heavy atom. The van der Waals surface area contributed by atoms with E-state index in [0.717, 1.165) is 19.5 Å². The first-order valence-corrected chi connectivity index (χ1v) is 7.24. The van der Waals surface area contributed by atoms with E-state index in [2.05, 4.69) is 17.6 Å². The molecule has 2 aliphatic rings. The van der Waals surface area contributed by atoms with E-state index in [4.69, 9.17) is 0 Å². The van der Waals surface area contributed by atoms with Crippen molar-refractivity contribution < 1.29 is 4.79 Å². The highest BCUT2D eigenvalue weighted by Crippen LogP contribution is 2.47. The lowest BCUT2D eigenvalue weighted by Crippen LogP contribution is -2.36. The topological polar surface area (TPSA) is 41.1 Å². The van der Waals surface area contributed by atoms with Crippen LogP contribution in [0.15, 0.2) is 0 Å². The van der Waals surface area contributed by atoms with E-state index in [1.807, 2.05) is 0 Å². The molecule has 3 nitrogen and oxygen atoms in total. The van der Waals surface area contributed by atoms with Gasteiger partial charge in [-0.15, -0.1) is 0 Å². The first-order chi connectivity index (χ1) is 8.24. The fraction of sp³-hybridized carbons (Fsp3) is 0.929. The molecule has 98 valence electrons. The average molecular weight is 238 g/mol. The molecule has 1 heterocycles. The van der Waals surface area contributed by atoms with Crippen LogP contribution in [0.25, 0.3) is 0 Å². The van der Waals surface area contributed by atoms with E-state index in [0.29, 0.717) is 17.9 Å². The summed E-state index contributed by atoms with van der Waals surface area (Å²) >= 11 is 0. The lowest BCUT2D eigenvalue weighted by molar-refractivity contribution is -0.121. The highest BCUT2D eigenvalue weighted by molar-refractivity contribution is 5.75. The molecule has 1 aliphatic heterocycles. The third-order valence-electron chi connectivity index (χ3n) is 4.50. The second kappa shape index (κ2) is 5.85. The van der Waals surface area contributed by atoms with Gasteiger partial charge in [-0.3, -0.25) is 4.79 Å². The van der Waals surface area contributed by atoms with Crippen molar-refractivity contribution in [3.8, 4) is 0 Å². The van der Waals surface area contributed by atoms with Gasteiger partial charge < -0.3 is 10.6 Å². The molecule has 0 aromatic carbocycles. The van der Waals surface area contributed by atoms with Gasteiger partial charge in [-0.25, -0.2) is 0 Å². The van der Waals surface area contributed by atoms with E-state index < -0.39 is 0 Å². The second-order valence-electron chi connectivity index (χ2n) is 5.82. The fourth-order valence-corrected chi connectivity index (χ4v) is 2.68. The second-order valence-corrected chi connectivity index (χ2v) is 5.82. The molecule has 1 unspecified atom stereocenters. The van der Waals surface area contributed by atoms with Crippen molar-refractivity contribution in [1.82, 2.24) is 10.6 Å². The van der Waals surface area contributed by atoms with Gasteiger partial charge in [0.15, 0.2) is 0 Å². The first-order valence-electron chi connectivity index (χ1n) is 7.24. The molecule has 1 aliphatic carbocycles. The number of hydrogen-bond donors (Lipinski definition) is 2. The minimum atomic E-state index is 0.247. The molecular formula is C14H26N2O. The van der Waals surface area contributed by atoms with Gasteiger partial charge in [-0.05, 0) is 50.5 Å². The molecule has 1 atom stereocenters. The summed E-state index contributed by atoms with van der Waals surface area (Å²) in [4.78, 5) is 11.7. The maximum atomic E-state index is 11.7. The number of piperidine rings is 1. The zero-order valence-corrected chi connectivity index (χ0v) is 11.1. The van der Waals surface area contributed by atoms with E-state index in [1.165, 1.54) is 38.5 Å². The van der Waals surface area contributed by atoms with E-state index in [-0.39, 0.29) is 5.91 Å². The SMILES string of the molecule is CCC1(CNC(=O)CCC2CCCCN2)CC1. The molecule has 2 fully saturated rings. The zero-order valence-electron chi connectivity index (χ0n) is 11.1. The summed E-state index contributed by atoms with van der Waals surface area (Å²) < 4.78 is 0. The quantitative estimate of drug-likeness (QED) is 0.745. The molecule has 0 spiro atoms. The van der Waals surface area contributed by atoms with Crippen LogP contribution >= 0.6 is 0 Å². The molecule has 0 aromatic heterocycles. The van der Waals surface area contributed by atoms with Gasteiger partial charge in [0.25, 0.3) is 0 Å². The molecule has 1 saturated carbocycles. The molecule has 3 heteroatoms. The van der Waals surface area contributed by atoms with E-state index >= 15 is 0 Å². The van der Waals surface area contributed by atoms with Crippen molar-refractivity contribution in [1.29, 1.82) is 0 Å². The summed E-state index contributed by atoms with van der Waals surface area (Å²) in [6.45, 7) is 4.26. The molecule has 0 aromatic rings. The van der Waals surface area contributed by atoms with Crippen LogP contribution in [0, 0.1) is 5.41 Å². The predicted octanol–water partition coefficient (Wildman–Crippen LogP) is 2.22. The fourth-order valence-electron chi connectivity index (χ4n) is 2.68. The minimum absolute atomic E-state index is 0.247. The monoisotopic (exact) mass is 238 g/mol. The van der Waals surface area contributed by atoms with Gasteiger partial charge in [0.05, 0.1) is 0 Å². The van der Waals surface area contributed by atoms with Crippen LogP contribution < -0.4 is 10.6 Å². The van der Waals surface area contributed by atoms with E-state index in [9.17, 15) is 4.79 Å².